The zero-order valence-electron chi connectivity index (χ0n) is 16.5. The monoisotopic (exact) mass is 439 g/mol. The van der Waals surface area contributed by atoms with Gasteiger partial charge in [0.2, 0.25) is 0 Å². The topological polar surface area (TPSA) is 99.6 Å². The molecule has 1 amide bonds. The van der Waals surface area contributed by atoms with Gasteiger partial charge in [0.05, 0.1) is 0 Å². The number of aryl methyl sites for hydroxylation is 2. The third-order valence-corrected chi connectivity index (χ3v) is 4.76. The van der Waals surface area contributed by atoms with Crippen molar-refractivity contribution in [2.24, 2.45) is 0 Å². The third-order valence-electron chi connectivity index (χ3n) is 4.21. The molecule has 30 heavy (non-hydrogen) atoms. The van der Waals surface area contributed by atoms with E-state index >= 15 is 0 Å². The van der Waals surface area contributed by atoms with Crippen molar-refractivity contribution < 1.29 is 32.6 Å². The summed E-state index contributed by atoms with van der Waals surface area (Å²) < 4.78 is 39.6. The van der Waals surface area contributed by atoms with Crippen molar-refractivity contribution in [1.29, 1.82) is 0 Å². The van der Waals surface area contributed by atoms with E-state index in [9.17, 15) is 18.4 Å². The van der Waals surface area contributed by atoms with Crippen LogP contribution in [0, 0.1) is 13.8 Å². The minimum absolute atomic E-state index is 0.0655. The van der Waals surface area contributed by atoms with Gasteiger partial charge in [-0.15, -0.1) is 8.78 Å². The molecule has 0 bridgehead atoms. The summed E-state index contributed by atoms with van der Waals surface area (Å²) in [6.45, 7) is 3.19. The maximum atomic E-state index is 13.0. The van der Waals surface area contributed by atoms with Crippen molar-refractivity contribution in [2.45, 2.75) is 38.1 Å². The predicted octanol–water partition coefficient (Wildman–Crippen LogP) is 3.25. The molecule has 3 rings (SSSR count). The lowest BCUT2D eigenvalue weighted by molar-refractivity contribution is -0.286. The quantitative estimate of drug-likeness (QED) is 0.399. The summed E-state index contributed by atoms with van der Waals surface area (Å²) in [5.41, 5.74) is 2.66. The first-order valence-corrected chi connectivity index (χ1v) is 10.1. The number of ether oxygens (including phenoxy) is 3. The number of halogens is 2. The number of anilines is 1. The summed E-state index contributed by atoms with van der Waals surface area (Å²) in [5.74, 6) is -1.50. The van der Waals surface area contributed by atoms with Crippen LogP contribution in [0.2, 0.25) is 0 Å². The maximum Gasteiger partial charge on any atom is 0.586 e. The highest BCUT2D eigenvalue weighted by atomic mass is 32.2. The maximum absolute atomic E-state index is 13.0. The number of carbonyl (C=O) groups is 2. The number of thioether (sulfide) groups is 1. The molecule has 0 aliphatic carbocycles. The Labute approximate surface area is 175 Å². The van der Waals surface area contributed by atoms with Gasteiger partial charge in [0.15, 0.2) is 23.3 Å². The first kappa shape index (κ1) is 21.8. The largest absolute Gasteiger partial charge is 0.586 e. The molecule has 1 aliphatic rings. The lowest BCUT2D eigenvalue weighted by Crippen LogP contribution is -2.25. The number of fused-ring (bicyclic) bond motifs is 1. The summed E-state index contributed by atoms with van der Waals surface area (Å²) in [5, 5.41) is 3.11. The van der Waals surface area contributed by atoms with Crippen molar-refractivity contribution in [1.82, 2.24) is 9.97 Å². The highest BCUT2D eigenvalue weighted by molar-refractivity contribution is 7.98. The lowest BCUT2D eigenvalue weighted by atomic mass is 10.1. The van der Waals surface area contributed by atoms with Gasteiger partial charge in [0.1, 0.15) is 0 Å². The fraction of sp³-hybridized carbons (Fsp3) is 0.368. The summed E-state index contributed by atoms with van der Waals surface area (Å²) in [6, 6.07) is 3.81. The SMILES string of the molecule is CSc1nc(C)c(CCC(=O)OCC(=O)Nc2ccc3c(c2)OC(F)(F)O3)c(C)n1. The number of rotatable bonds is 7. The number of aromatic nitrogens is 2. The van der Waals surface area contributed by atoms with E-state index in [-0.39, 0.29) is 23.6 Å². The van der Waals surface area contributed by atoms with Gasteiger partial charge in [-0.25, -0.2) is 9.97 Å². The van der Waals surface area contributed by atoms with Crippen molar-refractivity contribution in [2.75, 3.05) is 18.2 Å². The number of hydrogen-bond acceptors (Lipinski definition) is 8. The molecule has 0 saturated carbocycles. The molecule has 1 aliphatic heterocycles. The van der Waals surface area contributed by atoms with E-state index < -0.39 is 24.8 Å². The first-order chi connectivity index (χ1) is 14.2. The van der Waals surface area contributed by atoms with Crippen LogP contribution in [0.1, 0.15) is 23.4 Å². The Hall–Kier alpha value is -2.95. The molecule has 11 heteroatoms. The molecule has 0 saturated heterocycles. The van der Waals surface area contributed by atoms with Gasteiger partial charge in [0.25, 0.3) is 5.91 Å². The summed E-state index contributed by atoms with van der Waals surface area (Å²) in [4.78, 5) is 32.7. The van der Waals surface area contributed by atoms with Gasteiger partial charge in [-0.1, -0.05) is 11.8 Å². The fourth-order valence-electron chi connectivity index (χ4n) is 2.83. The van der Waals surface area contributed by atoms with Gasteiger partial charge < -0.3 is 19.5 Å². The van der Waals surface area contributed by atoms with E-state index in [1.807, 2.05) is 20.1 Å². The molecular weight excluding hydrogens is 420 g/mol. The Morgan fingerprint density at radius 2 is 1.83 bits per heavy atom. The molecule has 8 nitrogen and oxygen atoms in total. The Morgan fingerprint density at radius 3 is 2.50 bits per heavy atom. The average Bonchev–Trinajstić information content (AvgIpc) is 2.98. The van der Waals surface area contributed by atoms with E-state index in [4.69, 9.17) is 4.74 Å². The number of esters is 1. The van der Waals surface area contributed by atoms with E-state index in [0.717, 1.165) is 17.0 Å². The van der Waals surface area contributed by atoms with Crippen molar-refractivity contribution in [3.63, 3.8) is 0 Å². The molecule has 2 heterocycles. The number of carbonyl (C=O) groups excluding carboxylic acids is 2. The second-order valence-corrected chi connectivity index (χ2v) is 7.17. The van der Waals surface area contributed by atoms with Crippen LogP contribution in [0.4, 0.5) is 14.5 Å². The van der Waals surface area contributed by atoms with E-state index in [1.165, 1.54) is 30.0 Å². The van der Waals surface area contributed by atoms with Gasteiger partial charge in [-0.3, -0.25) is 9.59 Å². The normalized spacial score (nSPS) is 13.8. The van der Waals surface area contributed by atoms with E-state index in [2.05, 4.69) is 24.8 Å². The Morgan fingerprint density at radius 1 is 1.17 bits per heavy atom. The zero-order valence-corrected chi connectivity index (χ0v) is 17.3. The van der Waals surface area contributed by atoms with Gasteiger partial charge in [0, 0.05) is 29.6 Å². The first-order valence-electron chi connectivity index (χ1n) is 8.90. The second kappa shape index (κ2) is 8.82. The lowest BCUT2D eigenvalue weighted by Gasteiger charge is -2.10. The van der Waals surface area contributed by atoms with Crippen molar-refractivity contribution in [3.05, 3.63) is 35.2 Å². The van der Waals surface area contributed by atoms with Crippen LogP contribution >= 0.6 is 11.8 Å². The average molecular weight is 439 g/mol. The second-order valence-electron chi connectivity index (χ2n) is 6.40. The number of hydrogen-bond donors (Lipinski definition) is 1. The predicted molar refractivity (Wildman–Crippen MR) is 104 cm³/mol. The highest BCUT2D eigenvalue weighted by Crippen LogP contribution is 2.42. The smallest absolute Gasteiger partial charge is 0.456 e. The molecule has 0 unspecified atom stereocenters. The molecule has 0 spiro atoms. The van der Waals surface area contributed by atoms with Crippen LogP contribution in [0.5, 0.6) is 11.5 Å². The van der Waals surface area contributed by atoms with Crippen LogP contribution in [0.15, 0.2) is 23.4 Å². The number of alkyl halides is 2. The molecule has 160 valence electrons. The van der Waals surface area contributed by atoms with Gasteiger partial charge in [-0.05, 0) is 44.2 Å². The van der Waals surface area contributed by atoms with E-state index in [1.54, 1.807) is 0 Å². The molecule has 0 atom stereocenters. The fourth-order valence-corrected chi connectivity index (χ4v) is 3.29. The number of amides is 1. The van der Waals surface area contributed by atoms with Crippen LogP contribution in [-0.4, -0.2) is 41.0 Å². The number of benzene rings is 1. The van der Waals surface area contributed by atoms with Crippen LogP contribution in [-0.2, 0) is 20.7 Å². The minimum Gasteiger partial charge on any atom is -0.456 e. The molecule has 0 fully saturated rings. The van der Waals surface area contributed by atoms with E-state index in [0.29, 0.717) is 11.6 Å². The minimum atomic E-state index is -3.74. The summed E-state index contributed by atoms with van der Waals surface area (Å²) in [6.07, 6.45) is -1.40. The Balaban J connectivity index is 1.47. The molecule has 2 aromatic rings. The molecule has 1 aromatic heterocycles. The Bertz CT molecular complexity index is 964. The molecule has 0 radical (unpaired) electrons. The Kier molecular flexibility index (Phi) is 6.40. The summed E-state index contributed by atoms with van der Waals surface area (Å²) in [7, 11) is 0. The van der Waals surface area contributed by atoms with Crippen molar-refractivity contribution >= 4 is 29.3 Å². The number of nitrogens with one attached hydrogen (secondary N) is 1. The van der Waals surface area contributed by atoms with Crippen LogP contribution in [0.25, 0.3) is 0 Å². The van der Waals surface area contributed by atoms with Gasteiger partial charge >= 0.3 is 12.3 Å². The standard InChI is InChI=1S/C19H19F2N3O5S/c1-10-13(11(2)23-18(22-10)30-3)5-7-17(26)27-9-16(25)24-12-4-6-14-15(8-12)29-19(20,21)28-14/h4,6,8H,5,7,9H2,1-3H3,(H,24,25). The van der Waals surface area contributed by atoms with Crippen LogP contribution < -0.4 is 14.8 Å². The third kappa shape index (κ3) is 5.35. The summed E-state index contributed by atoms with van der Waals surface area (Å²) >= 11 is 1.44. The molecular formula is C19H19F2N3O5S. The van der Waals surface area contributed by atoms with Crippen molar-refractivity contribution in [3.8, 4) is 11.5 Å². The molecule has 1 N–H and O–H groups in total. The molecule has 1 aromatic carbocycles. The zero-order chi connectivity index (χ0) is 21.9. The highest BCUT2D eigenvalue weighted by Gasteiger charge is 2.43. The number of nitrogens with zero attached hydrogens (tertiary/aromatic N) is 2. The van der Waals surface area contributed by atoms with Gasteiger partial charge in [-0.2, -0.15) is 0 Å². The van der Waals surface area contributed by atoms with Crippen LogP contribution in [0.3, 0.4) is 0 Å².